The van der Waals surface area contributed by atoms with Gasteiger partial charge in [0.1, 0.15) is 5.75 Å². The van der Waals surface area contributed by atoms with Gasteiger partial charge in [0.05, 0.1) is 12.7 Å². The van der Waals surface area contributed by atoms with Gasteiger partial charge in [0, 0.05) is 0 Å². The lowest BCUT2D eigenvalue weighted by Gasteiger charge is -2.08. The Morgan fingerprint density at radius 2 is 1.89 bits per heavy atom. The molecule has 0 aliphatic rings. The predicted molar refractivity (Wildman–Crippen MR) is 75.7 cm³/mol. The van der Waals surface area contributed by atoms with Crippen molar-refractivity contribution in [3.05, 3.63) is 53.6 Å². The topological polar surface area (TPSA) is 9.23 Å². The molecule has 18 heavy (non-hydrogen) atoms. The molecular formula is C17H16O. The number of hydrogen-bond donors (Lipinski definition) is 0. The highest BCUT2D eigenvalue weighted by Gasteiger charge is 2.04. The van der Waals surface area contributed by atoms with Gasteiger partial charge in [-0.05, 0) is 35.2 Å². The second-order valence-corrected chi connectivity index (χ2v) is 4.11. The zero-order valence-corrected chi connectivity index (χ0v) is 10.7. The Balaban J connectivity index is 2.48. The van der Waals surface area contributed by atoms with Gasteiger partial charge >= 0.3 is 0 Å². The molecule has 0 heterocycles. The van der Waals surface area contributed by atoms with Gasteiger partial charge in [-0.2, -0.15) is 0 Å². The normalized spacial score (nSPS) is 9.83. The summed E-state index contributed by atoms with van der Waals surface area (Å²) in [4.78, 5) is 0. The fraction of sp³-hybridized carbons (Fsp3) is 0.176. The zero-order valence-electron chi connectivity index (χ0n) is 10.7. The highest BCUT2D eigenvalue weighted by molar-refractivity contribution is 5.68. The summed E-state index contributed by atoms with van der Waals surface area (Å²) in [5.74, 6) is 3.40. The first-order valence-electron chi connectivity index (χ1n) is 6.02. The Morgan fingerprint density at radius 1 is 1.11 bits per heavy atom. The molecule has 0 radical (unpaired) electrons. The Bertz CT molecular complexity index is 591. The molecule has 1 nitrogen and oxygen atoms in total. The van der Waals surface area contributed by atoms with Crippen molar-refractivity contribution in [1.82, 2.24) is 0 Å². The molecule has 0 saturated heterocycles. The molecule has 0 aromatic heterocycles. The third kappa shape index (κ3) is 2.38. The number of hydrogen-bond acceptors (Lipinski definition) is 1. The number of benzene rings is 2. The summed E-state index contributed by atoms with van der Waals surface area (Å²) in [7, 11) is 1.63. The van der Waals surface area contributed by atoms with E-state index in [2.05, 4.69) is 37.1 Å². The molecule has 0 fully saturated rings. The average molecular weight is 236 g/mol. The van der Waals surface area contributed by atoms with E-state index in [0.717, 1.165) is 23.3 Å². The van der Waals surface area contributed by atoms with Crippen LogP contribution in [-0.4, -0.2) is 7.11 Å². The third-order valence-electron chi connectivity index (χ3n) is 3.02. The molecule has 1 heteroatoms. The highest BCUT2D eigenvalue weighted by atomic mass is 16.5. The number of methoxy groups -OCH3 is 1. The molecule has 0 aliphatic heterocycles. The summed E-state index contributed by atoms with van der Waals surface area (Å²) in [5.41, 5.74) is 4.43. The fourth-order valence-corrected chi connectivity index (χ4v) is 1.97. The van der Waals surface area contributed by atoms with E-state index in [4.69, 9.17) is 11.2 Å². The summed E-state index contributed by atoms with van der Waals surface area (Å²) in [6.45, 7) is 2.15. The molecule has 2 aromatic carbocycles. The van der Waals surface area contributed by atoms with Crippen LogP contribution in [0.25, 0.3) is 11.1 Å². The van der Waals surface area contributed by atoms with Crippen molar-refractivity contribution < 1.29 is 4.74 Å². The van der Waals surface area contributed by atoms with Crippen molar-refractivity contribution >= 4 is 0 Å². The van der Waals surface area contributed by atoms with Gasteiger partial charge in [-0.15, -0.1) is 6.42 Å². The SMILES string of the molecule is C#Cc1cc(-c2cccc(CC)c2)ccc1OC. The minimum atomic E-state index is 0.743. The van der Waals surface area contributed by atoms with E-state index < -0.39 is 0 Å². The van der Waals surface area contributed by atoms with Crippen LogP contribution in [0.1, 0.15) is 18.1 Å². The zero-order chi connectivity index (χ0) is 13.0. The van der Waals surface area contributed by atoms with E-state index in [9.17, 15) is 0 Å². The molecule has 0 unspecified atom stereocenters. The Morgan fingerprint density at radius 3 is 2.56 bits per heavy atom. The van der Waals surface area contributed by atoms with Crippen LogP contribution in [0.4, 0.5) is 0 Å². The lowest BCUT2D eigenvalue weighted by Crippen LogP contribution is -1.89. The molecule has 2 aromatic rings. The van der Waals surface area contributed by atoms with E-state index in [0.29, 0.717) is 0 Å². The number of aryl methyl sites for hydroxylation is 1. The monoisotopic (exact) mass is 236 g/mol. The summed E-state index contributed by atoms with van der Waals surface area (Å²) >= 11 is 0. The Hall–Kier alpha value is -2.20. The molecule has 90 valence electrons. The maximum atomic E-state index is 5.50. The van der Waals surface area contributed by atoms with Crippen LogP contribution >= 0.6 is 0 Å². The molecule has 2 rings (SSSR count). The van der Waals surface area contributed by atoms with E-state index in [1.54, 1.807) is 7.11 Å². The van der Waals surface area contributed by atoms with Gasteiger partial charge in [0.2, 0.25) is 0 Å². The van der Waals surface area contributed by atoms with Gasteiger partial charge in [-0.3, -0.25) is 0 Å². The second-order valence-electron chi connectivity index (χ2n) is 4.11. The van der Waals surface area contributed by atoms with Crippen molar-refractivity contribution in [2.24, 2.45) is 0 Å². The summed E-state index contributed by atoms with van der Waals surface area (Å²) in [6.07, 6.45) is 6.53. The average Bonchev–Trinajstić information content (AvgIpc) is 2.46. The maximum absolute atomic E-state index is 5.50. The van der Waals surface area contributed by atoms with Crippen molar-refractivity contribution in [3.8, 4) is 29.2 Å². The van der Waals surface area contributed by atoms with Gasteiger partial charge in [-0.1, -0.05) is 43.2 Å². The van der Waals surface area contributed by atoms with Gasteiger partial charge in [0.25, 0.3) is 0 Å². The van der Waals surface area contributed by atoms with Crippen LogP contribution in [-0.2, 0) is 6.42 Å². The Labute approximate surface area is 108 Å². The molecule has 0 aliphatic carbocycles. The standard InChI is InChI=1S/C17H16O/c1-4-13-7-6-8-15(11-13)16-9-10-17(18-3)14(5-2)12-16/h2,6-12H,4H2,1,3H3. The molecule has 0 spiro atoms. The lowest BCUT2D eigenvalue weighted by atomic mass is 10.00. The quantitative estimate of drug-likeness (QED) is 0.734. The van der Waals surface area contributed by atoms with Gasteiger partial charge in [0.15, 0.2) is 0 Å². The number of rotatable bonds is 3. The maximum Gasteiger partial charge on any atom is 0.134 e. The molecular weight excluding hydrogens is 220 g/mol. The molecule has 0 saturated carbocycles. The van der Waals surface area contributed by atoms with E-state index >= 15 is 0 Å². The summed E-state index contributed by atoms with van der Waals surface area (Å²) < 4.78 is 5.23. The van der Waals surface area contributed by atoms with Crippen LogP contribution in [0.15, 0.2) is 42.5 Å². The third-order valence-corrected chi connectivity index (χ3v) is 3.02. The van der Waals surface area contributed by atoms with Crippen LogP contribution in [0.5, 0.6) is 5.75 Å². The van der Waals surface area contributed by atoms with Crippen LogP contribution in [0.3, 0.4) is 0 Å². The summed E-state index contributed by atoms with van der Waals surface area (Å²) in [6, 6.07) is 14.5. The van der Waals surface area contributed by atoms with Crippen LogP contribution < -0.4 is 4.74 Å². The molecule has 0 bridgehead atoms. The van der Waals surface area contributed by atoms with Gasteiger partial charge < -0.3 is 4.74 Å². The van der Waals surface area contributed by atoms with Crippen LogP contribution in [0.2, 0.25) is 0 Å². The smallest absolute Gasteiger partial charge is 0.134 e. The molecule has 0 amide bonds. The van der Waals surface area contributed by atoms with Gasteiger partial charge in [-0.25, -0.2) is 0 Å². The first-order chi connectivity index (χ1) is 8.78. The largest absolute Gasteiger partial charge is 0.495 e. The Kier molecular flexibility index (Phi) is 3.69. The van der Waals surface area contributed by atoms with Crippen molar-refractivity contribution in [2.75, 3.05) is 7.11 Å². The van der Waals surface area contributed by atoms with E-state index in [1.807, 2.05) is 18.2 Å². The van der Waals surface area contributed by atoms with E-state index in [-0.39, 0.29) is 0 Å². The van der Waals surface area contributed by atoms with Crippen molar-refractivity contribution in [2.45, 2.75) is 13.3 Å². The molecule has 0 atom stereocenters. The fourth-order valence-electron chi connectivity index (χ4n) is 1.97. The van der Waals surface area contributed by atoms with Crippen molar-refractivity contribution in [3.63, 3.8) is 0 Å². The minimum absolute atomic E-state index is 0.743. The van der Waals surface area contributed by atoms with E-state index in [1.165, 1.54) is 11.1 Å². The first kappa shape index (κ1) is 12.3. The predicted octanol–water partition coefficient (Wildman–Crippen LogP) is 3.91. The minimum Gasteiger partial charge on any atom is -0.495 e. The lowest BCUT2D eigenvalue weighted by molar-refractivity contribution is 0.413. The van der Waals surface area contributed by atoms with Crippen molar-refractivity contribution in [1.29, 1.82) is 0 Å². The number of terminal acetylenes is 1. The number of ether oxygens (including phenoxy) is 1. The second kappa shape index (κ2) is 5.42. The summed E-state index contributed by atoms with van der Waals surface area (Å²) in [5, 5.41) is 0. The highest BCUT2D eigenvalue weighted by Crippen LogP contribution is 2.26. The molecule has 0 N–H and O–H groups in total. The van der Waals surface area contributed by atoms with Crippen LogP contribution in [0, 0.1) is 12.3 Å². The first-order valence-corrected chi connectivity index (χ1v) is 6.02.